The molecule has 0 aromatic heterocycles. The molecule has 2 aromatic carbocycles. The van der Waals surface area contributed by atoms with Crippen LogP contribution >= 0.6 is 0 Å². The number of rotatable bonds is 11. The molecule has 224 valence electrons. The Balaban J connectivity index is 1.64. The lowest BCUT2D eigenvalue weighted by Crippen LogP contribution is -2.48. The molecule has 1 amide bonds. The molecule has 1 aliphatic heterocycles. The lowest BCUT2D eigenvalue weighted by molar-refractivity contribution is 0.0645. The van der Waals surface area contributed by atoms with Crippen molar-refractivity contribution in [2.45, 2.75) is 70.9 Å². The van der Waals surface area contributed by atoms with Crippen molar-refractivity contribution in [2.24, 2.45) is 5.92 Å². The molecule has 41 heavy (non-hydrogen) atoms. The maximum atomic E-state index is 14.4. The van der Waals surface area contributed by atoms with Crippen molar-refractivity contribution in [2.75, 3.05) is 41.0 Å². The van der Waals surface area contributed by atoms with Gasteiger partial charge in [-0.15, -0.1) is 0 Å². The smallest absolute Gasteiger partial charge is 0.254 e. The van der Waals surface area contributed by atoms with Crippen LogP contribution in [0.2, 0.25) is 0 Å². The molecule has 1 aliphatic carbocycles. The van der Waals surface area contributed by atoms with Crippen LogP contribution < -0.4 is 14.2 Å². The predicted molar refractivity (Wildman–Crippen MR) is 158 cm³/mol. The third-order valence-corrected chi connectivity index (χ3v) is 8.71. The van der Waals surface area contributed by atoms with Gasteiger partial charge in [0.15, 0.2) is 11.5 Å². The monoisotopic (exact) mass is 570 g/mol. The van der Waals surface area contributed by atoms with Crippen molar-refractivity contribution in [1.82, 2.24) is 9.80 Å². The first-order chi connectivity index (χ1) is 19.7. The van der Waals surface area contributed by atoms with Crippen LogP contribution in [0.25, 0.3) is 6.08 Å². The summed E-state index contributed by atoms with van der Waals surface area (Å²) in [6.45, 7) is 6.10. The summed E-state index contributed by atoms with van der Waals surface area (Å²) in [4.78, 5) is 18.6. The van der Waals surface area contributed by atoms with E-state index in [9.17, 15) is 13.6 Å². The number of likely N-dealkylation sites (tertiary alicyclic amines) is 1. The Morgan fingerprint density at radius 2 is 1.68 bits per heavy atom. The molecule has 0 spiro atoms. The minimum absolute atomic E-state index is 0.172. The Morgan fingerprint density at radius 1 is 1.00 bits per heavy atom. The number of hydrogen-bond acceptors (Lipinski definition) is 5. The van der Waals surface area contributed by atoms with Gasteiger partial charge < -0.3 is 19.1 Å². The van der Waals surface area contributed by atoms with Crippen LogP contribution in [0.1, 0.15) is 74.7 Å². The Hall–Kier alpha value is -3.13. The van der Waals surface area contributed by atoms with E-state index in [1.807, 2.05) is 11.8 Å². The van der Waals surface area contributed by atoms with Gasteiger partial charge in [0, 0.05) is 42.4 Å². The maximum absolute atomic E-state index is 14.4. The first-order valence-corrected chi connectivity index (χ1v) is 14.7. The molecule has 1 saturated heterocycles. The summed E-state index contributed by atoms with van der Waals surface area (Å²) in [5, 5.41) is 0. The van der Waals surface area contributed by atoms with E-state index in [1.54, 1.807) is 18.2 Å². The molecule has 2 atom stereocenters. The van der Waals surface area contributed by atoms with Crippen molar-refractivity contribution < 1.29 is 27.8 Å². The fourth-order valence-corrected chi connectivity index (χ4v) is 6.57. The van der Waals surface area contributed by atoms with Crippen LogP contribution in [0.5, 0.6) is 17.2 Å². The minimum Gasteiger partial charge on any atom is -0.493 e. The molecule has 4 rings (SSSR count). The summed E-state index contributed by atoms with van der Waals surface area (Å²) < 4.78 is 44.4. The summed E-state index contributed by atoms with van der Waals surface area (Å²) in [7, 11) is 4.58. The first-order valence-electron chi connectivity index (χ1n) is 14.7. The van der Waals surface area contributed by atoms with Crippen molar-refractivity contribution in [1.29, 1.82) is 0 Å². The van der Waals surface area contributed by atoms with Gasteiger partial charge in [0.25, 0.3) is 5.91 Å². The zero-order valence-corrected chi connectivity index (χ0v) is 25.1. The highest BCUT2D eigenvalue weighted by Crippen LogP contribution is 2.39. The van der Waals surface area contributed by atoms with Crippen molar-refractivity contribution in [3.8, 4) is 17.2 Å². The van der Waals surface area contributed by atoms with Crippen LogP contribution in [0.3, 0.4) is 0 Å². The van der Waals surface area contributed by atoms with E-state index in [0.717, 1.165) is 31.0 Å². The van der Waals surface area contributed by atoms with E-state index in [1.165, 1.54) is 65.6 Å². The number of benzene rings is 2. The van der Waals surface area contributed by atoms with E-state index in [4.69, 9.17) is 14.2 Å². The van der Waals surface area contributed by atoms with Crippen LogP contribution in [0.4, 0.5) is 8.78 Å². The second-order valence-corrected chi connectivity index (χ2v) is 11.4. The minimum atomic E-state index is -0.630. The van der Waals surface area contributed by atoms with E-state index in [-0.39, 0.29) is 17.5 Å². The van der Waals surface area contributed by atoms with Crippen LogP contribution in [0.15, 0.2) is 35.9 Å². The predicted octanol–water partition coefficient (Wildman–Crippen LogP) is 6.97. The topological polar surface area (TPSA) is 51.2 Å². The number of nitrogens with zero attached hydrogens (tertiary/aromatic N) is 2. The summed E-state index contributed by atoms with van der Waals surface area (Å²) in [6.07, 6.45) is 10.2. The quantitative estimate of drug-likeness (QED) is 0.292. The van der Waals surface area contributed by atoms with Gasteiger partial charge in [-0.3, -0.25) is 9.69 Å². The lowest BCUT2D eigenvalue weighted by atomic mass is 9.83. The lowest BCUT2D eigenvalue weighted by Gasteiger charge is -2.39. The highest BCUT2D eigenvalue weighted by atomic mass is 19.1. The number of ether oxygens (including phenoxy) is 3. The molecule has 2 aromatic rings. The largest absolute Gasteiger partial charge is 0.493 e. The zero-order chi connectivity index (χ0) is 29.5. The average molecular weight is 571 g/mol. The van der Waals surface area contributed by atoms with Gasteiger partial charge in [-0.05, 0) is 76.3 Å². The van der Waals surface area contributed by atoms with E-state index < -0.39 is 11.6 Å². The third-order valence-electron chi connectivity index (χ3n) is 8.71. The molecule has 2 aliphatic rings. The van der Waals surface area contributed by atoms with E-state index >= 15 is 0 Å². The molecular formula is C33H44F2N2O4. The van der Waals surface area contributed by atoms with E-state index in [0.29, 0.717) is 47.9 Å². The highest BCUT2D eigenvalue weighted by Gasteiger charge is 2.35. The summed E-state index contributed by atoms with van der Waals surface area (Å²) in [5.74, 6) is 0.498. The summed E-state index contributed by atoms with van der Waals surface area (Å²) in [6, 6.07) is 7.58. The molecule has 0 radical (unpaired) electrons. The average Bonchev–Trinajstić information content (AvgIpc) is 3.45. The third kappa shape index (κ3) is 7.39. The normalized spacial score (nSPS) is 19.2. The van der Waals surface area contributed by atoms with Gasteiger partial charge >= 0.3 is 0 Å². The highest BCUT2D eigenvalue weighted by molar-refractivity contribution is 5.96. The van der Waals surface area contributed by atoms with Gasteiger partial charge in [-0.2, -0.15) is 0 Å². The fraction of sp³-hybridized carbons (Fsp3) is 0.545. The van der Waals surface area contributed by atoms with Gasteiger partial charge in [-0.25, -0.2) is 8.78 Å². The molecular weight excluding hydrogens is 526 g/mol. The molecule has 0 bridgehead atoms. The molecule has 1 saturated carbocycles. The molecule has 0 N–H and O–H groups in total. The Kier molecular flexibility index (Phi) is 10.6. The molecule has 1 unspecified atom stereocenters. The summed E-state index contributed by atoms with van der Waals surface area (Å²) >= 11 is 0. The van der Waals surface area contributed by atoms with Gasteiger partial charge in [0.05, 0.1) is 21.3 Å². The Bertz CT molecular complexity index is 1200. The SMILES string of the molecule is COc1cc(C(=O)N(CC(C)=Cc2ccc(F)cc2F)CC2CCCN2[C@@H](C)C2CCCCC2)cc(OC)c1OC. The molecule has 8 heteroatoms. The number of carbonyl (C=O) groups is 1. The van der Waals surface area contributed by atoms with E-state index in [2.05, 4.69) is 11.8 Å². The first kappa shape index (κ1) is 30.8. The molecule has 1 heterocycles. The number of halogens is 2. The van der Waals surface area contributed by atoms with Crippen LogP contribution in [-0.4, -0.2) is 68.8 Å². The Labute approximate surface area is 243 Å². The Morgan fingerprint density at radius 3 is 2.29 bits per heavy atom. The summed E-state index contributed by atoms with van der Waals surface area (Å²) in [5.41, 5.74) is 1.50. The number of methoxy groups -OCH3 is 3. The second-order valence-electron chi connectivity index (χ2n) is 11.4. The molecule has 6 nitrogen and oxygen atoms in total. The zero-order valence-electron chi connectivity index (χ0n) is 25.1. The van der Waals surface area contributed by atoms with Crippen molar-refractivity contribution in [3.63, 3.8) is 0 Å². The second kappa shape index (κ2) is 14.2. The van der Waals surface area contributed by atoms with Crippen molar-refractivity contribution in [3.05, 3.63) is 58.7 Å². The van der Waals surface area contributed by atoms with Gasteiger partial charge in [0.2, 0.25) is 5.75 Å². The standard InChI is InChI=1S/C33H44F2N2O4/c1-22(16-25-13-14-27(34)19-29(25)35)20-36(33(38)26-17-30(39-3)32(41-5)31(18-26)40-4)21-28-12-9-15-37(28)23(2)24-10-7-6-8-11-24/h13-14,16-19,23-24,28H,6-12,15,20-21H2,1-5H3/t23-,28?/m0/s1. The van der Waals surface area contributed by atoms with Gasteiger partial charge in [-0.1, -0.05) is 30.9 Å². The number of carbonyl (C=O) groups excluding carboxylic acids is 1. The molecule has 2 fully saturated rings. The number of amides is 1. The van der Waals surface area contributed by atoms with Gasteiger partial charge in [0.1, 0.15) is 11.6 Å². The maximum Gasteiger partial charge on any atom is 0.254 e. The van der Waals surface area contributed by atoms with Crippen LogP contribution in [-0.2, 0) is 0 Å². The van der Waals surface area contributed by atoms with Crippen molar-refractivity contribution >= 4 is 12.0 Å². The fourth-order valence-electron chi connectivity index (χ4n) is 6.57. The number of hydrogen-bond donors (Lipinski definition) is 0. The van der Waals surface area contributed by atoms with Crippen LogP contribution in [0, 0.1) is 17.6 Å².